The number of likely N-dealkylation sites (tertiary alicyclic amines) is 2. The van der Waals surface area contributed by atoms with Gasteiger partial charge in [-0.05, 0) is 37.6 Å². The van der Waals surface area contributed by atoms with E-state index in [9.17, 15) is 4.79 Å². The van der Waals surface area contributed by atoms with E-state index < -0.39 is 0 Å². The van der Waals surface area contributed by atoms with Crippen LogP contribution in [0.25, 0.3) is 0 Å². The second-order valence-electron chi connectivity index (χ2n) is 8.67. The van der Waals surface area contributed by atoms with Gasteiger partial charge < -0.3 is 15.0 Å². The summed E-state index contributed by atoms with van der Waals surface area (Å²) in [5.74, 6) is 1.24. The highest BCUT2D eigenvalue weighted by Crippen LogP contribution is 2.31. The number of carbonyl (C=O) groups excluding carboxylic acids is 1. The number of rotatable bonds is 7. The maximum Gasteiger partial charge on any atom is 0.273 e. The molecule has 0 saturated carbocycles. The lowest BCUT2D eigenvalue weighted by molar-refractivity contribution is 0.0583. The Bertz CT molecular complexity index is 1190. The minimum atomic E-state index is -0.0644. The summed E-state index contributed by atoms with van der Waals surface area (Å²) in [4.78, 5) is 30.5. The third kappa shape index (κ3) is 5.58. The number of aromatic nitrogens is 3. The first-order valence-corrected chi connectivity index (χ1v) is 12.7. The van der Waals surface area contributed by atoms with Crippen molar-refractivity contribution < 1.29 is 9.53 Å². The van der Waals surface area contributed by atoms with Gasteiger partial charge in [0.05, 0.1) is 24.3 Å². The smallest absolute Gasteiger partial charge is 0.273 e. The van der Waals surface area contributed by atoms with E-state index in [4.69, 9.17) is 15.0 Å². The molecule has 0 bridgehead atoms. The van der Waals surface area contributed by atoms with Crippen LogP contribution in [0.1, 0.15) is 47.9 Å². The third-order valence-corrected chi connectivity index (χ3v) is 7.12. The van der Waals surface area contributed by atoms with Crippen molar-refractivity contribution in [2.45, 2.75) is 37.8 Å². The van der Waals surface area contributed by atoms with Crippen LogP contribution >= 0.6 is 11.3 Å². The fourth-order valence-corrected chi connectivity index (χ4v) is 5.30. The first-order valence-electron chi connectivity index (χ1n) is 11.9. The van der Waals surface area contributed by atoms with Crippen molar-refractivity contribution in [2.75, 3.05) is 31.5 Å². The summed E-state index contributed by atoms with van der Waals surface area (Å²) >= 11 is 1.39. The van der Waals surface area contributed by atoms with Gasteiger partial charge in [0, 0.05) is 43.6 Å². The van der Waals surface area contributed by atoms with Gasteiger partial charge in [-0.2, -0.15) is 5.26 Å². The molecule has 0 aliphatic carbocycles. The molecule has 0 aromatic carbocycles. The zero-order chi connectivity index (χ0) is 24.0. The molecule has 2 saturated heterocycles. The van der Waals surface area contributed by atoms with Gasteiger partial charge in [0.25, 0.3) is 5.91 Å². The molecule has 1 amide bonds. The van der Waals surface area contributed by atoms with E-state index in [1.807, 2.05) is 41.3 Å². The van der Waals surface area contributed by atoms with Crippen LogP contribution in [0.4, 0.5) is 10.9 Å². The summed E-state index contributed by atoms with van der Waals surface area (Å²) in [6, 6.07) is 13.9. The highest BCUT2D eigenvalue weighted by molar-refractivity contribution is 7.14. The van der Waals surface area contributed by atoms with E-state index in [0.717, 1.165) is 37.9 Å². The summed E-state index contributed by atoms with van der Waals surface area (Å²) in [5, 5.41) is 14.7. The molecular weight excluding hydrogens is 462 g/mol. The largest absolute Gasteiger partial charge is 0.474 e. The number of piperidine rings is 1. The Morgan fingerprint density at radius 1 is 1.14 bits per heavy atom. The molecule has 0 spiro atoms. The molecule has 0 unspecified atom stereocenters. The quantitative estimate of drug-likeness (QED) is 0.496. The lowest BCUT2D eigenvalue weighted by Gasteiger charge is -2.31. The van der Waals surface area contributed by atoms with Crippen LogP contribution in [0.3, 0.4) is 0 Å². The minimum absolute atomic E-state index is 0.0592. The van der Waals surface area contributed by atoms with Crippen molar-refractivity contribution in [3.05, 3.63) is 59.4 Å². The first-order chi connectivity index (χ1) is 17.2. The molecule has 2 aliphatic rings. The molecule has 0 radical (unpaired) electrons. The van der Waals surface area contributed by atoms with Crippen LogP contribution < -0.4 is 10.1 Å². The third-order valence-electron chi connectivity index (χ3n) is 6.36. The highest BCUT2D eigenvalue weighted by atomic mass is 32.1. The van der Waals surface area contributed by atoms with Crippen LogP contribution in [-0.4, -0.2) is 62.9 Å². The second kappa shape index (κ2) is 10.8. The number of hydrogen-bond donors (Lipinski definition) is 1. The Balaban J connectivity index is 1.17. The number of ether oxygens (including phenoxy) is 1. The van der Waals surface area contributed by atoms with Crippen LogP contribution in [0.5, 0.6) is 5.88 Å². The van der Waals surface area contributed by atoms with Gasteiger partial charge in [0.15, 0.2) is 5.13 Å². The van der Waals surface area contributed by atoms with Gasteiger partial charge in [-0.3, -0.25) is 9.69 Å². The molecule has 5 rings (SSSR count). The Kier molecular flexibility index (Phi) is 7.16. The van der Waals surface area contributed by atoms with E-state index in [1.165, 1.54) is 11.3 Å². The Morgan fingerprint density at radius 3 is 2.83 bits per heavy atom. The SMILES string of the molecule is N#CCN1CCC[C@@H]1c1cccc(Nc2nc(C(=O)N3CCC(Oc4ccccn4)CC3)cs2)n1. The van der Waals surface area contributed by atoms with Crippen molar-refractivity contribution in [1.29, 1.82) is 5.26 Å². The van der Waals surface area contributed by atoms with E-state index >= 15 is 0 Å². The number of hydrogen-bond acceptors (Lipinski definition) is 9. The number of pyridine rings is 2. The molecule has 3 aromatic rings. The predicted molar refractivity (Wildman–Crippen MR) is 133 cm³/mol. The first kappa shape index (κ1) is 23.2. The molecule has 1 N–H and O–H groups in total. The number of carbonyl (C=O) groups is 1. The van der Waals surface area contributed by atoms with Crippen molar-refractivity contribution in [2.24, 2.45) is 0 Å². The van der Waals surface area contributed by atoms with Gasteiger partial charge in [0.1, 0.15) is 17.6 Å². The maximum absolute atomic E-state index is 13.0. The summed E-state index contributed by atoms with van der Waals surface area (Å²) < 4.78 is 5.93. The minimum Gasteiger partial charge on any atom is -0.474 e. The summed E-state index contributed by atoms with van der Waals surface area (Å²) in [7, 11) is 0. The van der Waals surface area contributed by atoms with Gasteiger partial charge in [0.2, 0.25) is 5.88 Å². The van der Waals surface area contributed by atoms with Crippen molar-refractivity contribution in [1.82, 2.24) is 24.8 Å². The summed E-state index contributed by atoms with van der Waals surface area (Å²) in [6.07, 6.45) is 5.36. The number of nitrogens with zero attached hydrogens (tertiary/aromatic N) is 6. The number of anilines is 2. The van der Waals surface area contributed by atoms with E-state index in [0.29, 0.717) is 42.2 Å². The zero-order valence-corrected chi connectivity index (χ0v) is 20.2. The Labute approximate surface area is 208 Å². The lowest BCUT2D eigenvalue weighted by atomic mass is 10.1. The molecule has 180 valence electrons. The average molecular weight is 490 g/mol. The molecule has 5 heterocycles. The van der Waals surface area contributed by atoms with Crippen molar-refractivity contribution in [3.63, 3.8) is 0 Å². The van der Waals surface area contributed by atoms with Crippen LogP contribution in [0.2, 0.25) is 0 Å². The summed E-state index contributed by atoms with van der Waals surface area (Å²) in [5.41, 5.74) is 1.39. The van der Waals surface area contributed by atoms with E-state index in [1.54, 1.807) is 11.6 Å². The number of thiazole rings is 1. The Hall–Kier alpha value is -3.55. The second-order valence-corrected chi connectivity index (χ2v) is 9.53. The average Bonchev–Trinajstić information content (AvgIpc) is 3.55. The number of nitriles is 1. The number of amides is 1. The molecule has 3 aromatic heterocycles. The summed E-state index contributed by atoms with van der Waals surface area (Å²) in [6.45, 7) is 2.58. The normalized spacial score (nSPS) is 18.8. The molecular formula is C25H27N7O2S. The fraction of sp³-hybridized carbons (Fsp3) is 0.400. The standard InChI is InChI=1S/C25H27N7O2S/c26-11-16-31-13-4-6-21(31)19-5-3-7-22(28-19)30-25-29-20(17-35-25)24(33)32-14-9-18(10-15-32)34-23-8-1-2-12-27-23/h1-3,5,7-8,12,17-18,21H,4,6,9-10,13-16H2,(H,28,29,30)/t21-/m1/s1. The van der Waals surface area contributed by atoms with Crippen LogP contribution in [0, 0.1) is 11.3 Å². The van der Waals surface area contributed by atoms with E-state index in [2.05, 4.69) is 26.3 Å². The lowest BCUT2D eigenvalue weighted by Crippen LogP contribution is -2.42. The van der Waals surface area contributed by atoms with Crippen LogP contribution in [-0.2, 0) is 0 Å². The Morgan fingerprint density at radius 2 is 2.03 bits per heavy atom. The van der Waals surface area contributed by atoms with Crippen molar-refractivity contribution in [3.8, 4) is 11.9 Å². The van der Waals surface area contributed by atoms with E-state index in [-0.39, 0.29) is 18.1 Å². The number of nitrogens with one attached hydrogen (secondary N) is 1. The molecule has 2 aliphatic heterocycles. The maximum atomic E-state index is 13.0. The molecule has 1 atom stereocenters. The van der Waals surface area contributed by atoms with Gasteiger partial charge in [-0.15, -0.1) is 11.3 Å². The topological polar surface area (TPSA) is 107 Å². The van der Waals surface area contributed by atoms with Gasteiger partial charge >= 0.3 is 0 Å². The monoisotopic (exact) mass is 489 g/mol. The molecule has 2 fully saturated rings. The van der Waals surface area contributed by atoms with Gasteiger partial charge in [-0.25, -0.2) is 15.0 Å². The van der Waals surface area contributed by atoms with Crippen molar-refractivity contribution >= 4 is 28.2 Å². The molecule has 35 heavy (non-hydrogen) atoms. The molecule has 9 nitrogen and oxygen atoms in total. The van der Waals surface area contributed by atoms with Crippen LogP contribution in [0.15, 0.2) is 48.0 Å². The predicted octanol–water partition coefficient (Wildman–Crippen LogP) is 4.02. The fourth-order valence-electron chi connectivity index (χ4n) is 4.61. The van der Waals surface area contributed by atoms with Gasteiger partial charge in [-0.1, -0.05) is 12.1 Å². The zero-order valence-electron chi connectivity index (χ0n) is 19.3. The highest BCUT2D eigenvalue weighted by Gasteiger charge is 2.28. The molecule has 10 heteroatoms.